The van der Waals surface area contributed by atoms with E-state index >= 15 is 0 Å². The molecule has 0 aliphatic carbocycles. The fourth-order valence-electron chi connectivity index (χ4n) is 5.80. The lowest BCUT2D eigenvalue weighted by Gasteiger charge is -2.14. The molecule has 3 heteroatoms. The van der Waals surface area contributed by atoms with Crippen LogP contribution in [0.3, 0.4) is 0 Å². The van der Waals surface area contributed by atoms with Crippen LogP contribution in [-0.4, -0.2) is 4.57 Å². The van der Waals surface area contributed by atoms with E-state index in [4.69, 9.17) is 0 Å². The Bertz CT molecular complexity index is 1860. The van der Waals surface area contributed by atoms with Crippen LogP contribution in [0.1, 0.15) is 22.3 Å². The van der Waals surface area contributed by atoms with Crippen molar-refractivity contribution in [2.75, 3.05) is 0 Å². The zero-order valence-corrected chi connectivity index (χ0v) is 22.7. The largest absolute Gasteiger partial charge is 0.295 e. The molecule has 1 aromatic heterocycles. The second kappa shape index (κ2) is 9.74. The molecule has 188 valence electrons. The minimum atomic E-state index is 0.669. The van der Waals surface area contributed by atoms with Crippen LogP contribution in [-0.2, 0) is 7.05 Å². The van der Waals surface area contributed by atoms with E-state index in [2.05, 4.69) is 134 Å². The second-order valence-electron chi connectivity index (χ2n) is 10.2. The molecule has 0 saturated heterocycles. The predicted octanol–water partition coefficient (Wildman–Crippen LogP) is 8.25. The lowest BCUT2D eigenvalue weighted by atomic mass is 9.96. The number of para-hydroxylation sites is 1. The third-order valence-corrected chi connectivity index (χ3v) is 7.68. The first-order valence-corrected chi connectivity index (χ1v) is 13.2. The van der Waals surface area contributed by atoms with Crippen molar-refractivity contribution < 1.29 is 4.57 Å². The Morgan fingerprint density at radius 3 is 1.85 bits per heavy atom. The molecular weight excluding hydrogens is 474 g/mol. The molecule has 0 aliphatic heterocycles. The minimum Gasteiger partial charge on any atom is -0.225 e. The van der Waals surface area contributed by atoms with Gasteiger partial charge in [-0.15, -0.1) is 0 Å². The molecule has 0 atom stereocenters. The van der Waals surface area contributed by atoms with Crippen molar-refractivity contribution >= 4 is 11.0 Å². The normalized spacial score (nSPS) is 11.1. The van der Waals surface area contributed by atoms with Gasteiger partial charge in [0.15, 0.2) is 11.0 Å². The predicted molar refractivity (Wildman–Crippen MR) is 160 cm³/mol. The van der Waals surface area contributed by atoms with Gasteiger partial charge in [0.1, 0.15) is 17.3 Å². The van der Waals surface area contributed by atoms with Crippen molar-refractivity contribution in [3.63, 3.8) is 0 Å². The molecule has 0 bridgehead atoms. The van der Waals surface area contributed by atoms with Gasteiger partial charge in [-0.3, -0.25) is 0 Å². The van der Waals surface area contributed by atoms with E-state index in [1.807, 2.05) is 18.2 Å². The van der Waals surface area contributed by atoms with E-state index in [-0.39, 0.29) is 0 Å². The molecule has 0 spiro atoms. The fraction of sp³-hybridized carbons (Fsp3) is 0.111. The van der Waals surface area contributed by atoms with Gasteiger partial charge < -0.3 is 0 Å². The van der Waals surface area contributed by atoms with Crippen LogP contribution in [0.5, 0.6) is 0 Å². The van der Waals surface area contributed by atoms with Gasteiger partial charge in [0.05, 0.1) is 12.6 Å². The van der Waals surface area contributed by atoms with Gasteiger partial charge >= 0.3 is 0 Å². The van der Waals surface area contributed by atoms with E-state index < -0.39 is 0 Å². The van der Waals surface area contributed by atoms with Gasteiger partial charge in [0.25, 0.3) is 5.82 Å². The summed E-state index contributed by atoms with van der Waals surface area (Å²) in [5.41, 5.74) is 13.2. The fourth-order valence-corrected chi connectivity index (χ4v) is 5.80. The molecule has 0 radical (unpaired) electrons. The monoisotopic (exact) mass is 504 g/mol. The topological polar surface area (TPSA) is 32.6 Å². The Balaban J connectivity index is 1.56. The van der Waals surface area contributed by atoms with Crippen LogP contribution in [0.15, 0.2) is 109 Å². The summed E-state index contributed by atoms with van der Waals surface area (Å²) in [6.07, 6.45) is 0. The Morgan fingerprint density at radius 2 is 1.21 bits per heavy atom. The number of rotatable bonds is 4. The standard InChI is InChI=1S/C36H30N3/c1-24-11-8-9-15-32(24)36-38(4)33-16-10-14-30(23-37)35(33)39(36)34-25(2)21-31(22-26(34)3)29-19-17-28(18-20-29)27-12-6-5-7-13-27/h5-22H,1-4H3/q+1. The molecule has 6 aromatic rings. The molecule has 1 heterocycles. The number of benzene rings is 5. The number of hydrogen-bond donors (Lipinski definition) is 0. The highest BCUT2D eigenvalue weighted by molar-refractivity contribution is 5.83. The first kappa shape index (κ1) is 24.4. The number of imidazole rings is 1. The first-order chi connectivity index (χ1) is 19.0. The third-order valence-electron chi connectivity index (χ3n) is 7.68. The van der Waals surface area contributed by atoms with Crippen molar-refractivity contribution in [2.24, 2.45) is 7.05 Å². The Morgan fingerprint density at radius 1 is 0.615 bits per heavy atom. The van der Waals surface area contributed by atoms with Crippen LogP contribution in [0.4, 0.5) is 0 Å². The van der Waals surface area contributed by atoms with Crippen molar-refractivity contribution in [2.45, 2.75) is 20.8 Å². The van der Waals surface area contributed by atoms with Gasteiger partial charge in [0.2, 0.25) is 0 Å². The van der Waals surface area contributed by atoms with E-state index in [9.17, 15) is 5.26 Å². The van der Waals surface area contributed by atoms with Crippen molar-refractivity contribution in [1.29, 1.82) is 5.26 Å². The number of nitriles is 1. The Labute approximate surface area is 229 Å². The molecule has 0 saturated carbocycles. The summed E-state index contributed by atoms with van der Waals surface area (Å²) in [5, 5.41) is 10.1. The average Bonchev–Trinajstić information content (AvgIpc) is 3.25. The van der Waals surface area contributed by atoms with E-state index in [1.165, 1.54) is 27.8 Å². The number of nitrogens with zero attached hydrogens (tertiary/aromatic N) is 3. The zero-order valence-electron chi connectivity index (χ0n) is 22.7. The average molecular weight is 505 g/mol. The highest BCUT2D eigenvalue weighted by Crippen LogP contribution is 2.32. The molecule has 6 rings (SSSR count). The van der Waals surface area contributed by atoms with Crippen LogP contribution in [0.2, 0.25) is 0 Å². The Kier molecular flexibility index (Phi) is 6.09. The summed E-state index contributed by atoms with van der Waals surface area (Å²) >= 11 is 0. The van der Waals surface area contributed by atoms with E-state index in [0.29, 0.717) is 5.56 Å². The van der Waals surface area contributed by atoms with Gasteiger partial charge in [0, 0.05) is 0 Å². The Hall–Kier alpha value is -4.94. The van der Waals surface area contributed by atoms with Gasteiger partial charge in [-0.25, -0.2) is 4.57 Å². The smallest absolute Gasteiger partial charge is 0.225 e. The lowest BCUT2D eigenvalue weighted by Crippen LogP contribution is -2.35. The maximum absolute atomic E-state index is 10.1. The summed E-state index contributed by atoms with van der Waals surface area (Å²) in [6, 6.07) is 40.7. The van der Waals surface area contributed by atoms with Crippen LogP contribution < -0.4 is 4.57 Å². The summed E-state index contributed by atoms with van der Waals surface area (Å²) in [7, 11) is 2.09. The molecule has 0 N–H and O–H groups in total. The molecule has 0 aliphatic rings. The van der Waals surface area contributed by atoms with Crippen LogP contribution >= 0.6 is 0 Å². The van der Waals surface area contributed by atoms with Crippen molar-refractivity contribution in [3.8, 4) is 45.4 Å². The van der Waals surface area contributed by atoms with Crippen LogP contribution in [0, 0.1) is 32.1 Å². The van der Waals surface area contributed by atoms with Gasteiger partial charge in [-0.05, 0) is 90.0 Å². The van der Waals surface area contributed by atoms with Crippen LogP contribution in [0.25, 0.3) is 50.4 Å². The van der Waals surface area contributed by atoms with Crippen molar-refractivity contribution in [1.82, 2.24) is 4.57 Å². The van der Waals surface area contributed by atoms with E-state index in [0.717, 1.165) is 39.2 Å². The van der Waals surface area contributed by atoms with Crippen molar-refractivity contribution in [3.05, 3.63) is 131 Å². The maximum Gasteiger partial charge on any atom is 0.295 e. The molecule has 0 unspecified atom stereocenters. The third kappa shape index (κ3) is 4.11. The number of fused-ring (bicyclic) bond motifs is 1. The summed E-state index contributed by atoms with van der Waals surface area (Å²) in [5.74, 6) is 1.07. The number of aromatic nitrogens is 2. The number of hydrogen-bond acceptors (Lipinski definition) is 1. The highest BCUT2D eigenvalue weighted by atomic mass is 15.2. The highest BCUT2D eigenvalue weighted by Gasteiger charge is 2.30. The number of aryl methyl sites for hydroxylation is 4. The molecule has 39 heavy (non-hydrogen) atoms. The summed E-state index contributed by atoms with van der Waals surface area (Å²) in [4.78, 5) is 0. The molecule has 5 aromatic carbocycles. The SMILES string of the molecule is Cc1ccccc1-c1n(C)c2cccc(C#N)c2[n+]1-c1c(C)cc(-c2ccc(-c3ccccc3)cc2)cc1C. The zero-order chi connectivity index (χ0) is 27.1. The molecule has 0 fully saturated rings. The minimum absolute atomic E-state index is 0.669. The molecule has 3 nitrogen and oxygen atoms in total. The van der Waals surface area contributed by atoms with Gasteiger partial charge in [-0.2, -0.15) is 9.83 Å². The second-order valence-corrected chi connectivity index (χ2v) is 10.2. The molecular formula is C36H30N3+. The van der Waals surface area contributed by atoms with E-state index in [1.54, 1.807) is 0 Å². The quantitative estimate of drug-likeness (QED) is 0.222. The summed E-state index contributed by atoms with van der Waals surface area (Å²) < 4.78 is 4.51. The molecule has 0 amide bonds. The lowest BCUT2D eigenvalue weighted by molar-refractivity contribution is -0.556. The maximum atomic E-state index is 10.1. The summed E-state index contributed by atoms with van der Waals surface area (Å²) in [6.45, 7) is 6.49. The van der Waals surface area contributed by atoms with Gasteiger partial charge in [-0.1, -0.05) is 78.9 Å². The first-order valence-electron chi connectivity index (χ1n) is 13.2.